The standard InChI is InChI=1S/C24H40O/c1-3-5-22-14-17-24(25-18-22)23-15-12-21(13-16-23)11-10-20-8-6-19(4-2)7-9-20/h4,10-11,19-24H,2-3,5-9,12-18H2,1H3/b11-10+. The summed E-state index contributed by atoms with van der Waals surface area (Å²) in [5.74, 6) is 4.15. The number of hydrogen-bond acceptors (Lipinski definition) is 1. The van der Waals surface area contributed by atoms with Gasteiger partial charge in [-0.05, 0) is 100 Å². The molecular formula is C24H40O. The summed E-state index contributed by atoms with van der Waals surface area (Å²) in [6.07, 6.45) is 24.3. The molecule has 0 aromatic rings. The predicted octanol–water partition coefficient (Wildman–Crippen LogP) is 6.94. The summed E-state index contributed by atoms with van der Waals surface area (Å²) < 4.78 is 6.27. The van der Waals surface area contributed by atoms with Crippen molar-refractivity contribution in [3.05, 3.63) is 24.8 Å². The van der Waals surface area contributed by atoms with Crippen molar-refractivity contribution in [3.8, 4) is 0 Å². The van der Waals surface area contributed by atoms with Gasteiger partial charge in [0.05, 0.1) is 6.10 Å². The lowest BCUT2D eigenvalue weighted by atomic mass is 9.76. The Morgan fingerprint density at radius 1 is 0.800 bits per heavy atom. The summed E-state index contributed by atoms with van der Waals surface area (Å²) in [5, 5.41) is 0. The van der Waals surface area contributed by atoms with E-state index in [1.54, 1.807) is 0 Å². The quantitative estimate of drug-likeness (QED) is 0.474. The van der Waals surface area contributed by atoms with Crippen molar-refractivity contribution in [1.82, 2.24) is 0 Å². The minimum Gasteiger partial charge on any atom is -0.378 e. The Kier molecular flexibility index (Phi) is 7.65. The van der Waals surface area contributed by atoms with Gasteiger partial charge in [-0.1, -0.05) is 31.6 Å². The number of hydrogen-bond donors (Lipinski definition) is 0. The Hall–Kier alpha value is -0.560. The Labute approximate surface area is 156 Å². The van der Waals surface area contributed by atoms with Crippen LogP contribution < -0.4 is 0 Å². The van der Waals surface area contributed by atoms with Crippen LogP contribution in [0.5, 0.6) is 0 Å². The molecule has 0 N–H and O–H groups in total. The largest absolute Gasteiger partial charge is 0.378 e. The van der Waals surface area contributed by atoms with Crippen LogP contribution in [0.25, 0.3) is 0 Å². The molecular weight excluding hydrogens is 304 g/mol. The molecule has 3 fully saturated rings. The van der Waals surface area contributed by atoms with Crippen molar-refractivity contribution in [2.75, 3.05) is 6.61 Å². The third-order valence-electron chi connectivity index (χ3n) is 7.25. The molecule has 2 atom stereocenters. The van der Waals surface area contributed by atoms with Crippen molar-refractivity contribution in [1.29, 1.82) is 0 Å². The minimum atomic E-state index is 0.576. The van der Waals surface area contributed by atoms with Crippen molar-refractivity contribution >= 4 is 0 Å². The topological polar surface area (TPSA) is 9.23 Å². The molecule has 1 heteroatoms. The molecule has 3 rings (SSSR count). The van der Waals surface area contributed by atoms with Gasteiger partial charge in [0.15, 0.2) is 0 Å². The van der Waals surface area contributed by atoms with Gasteiger partial charge in [-0.15, -0.1) is 6.58 Å². The zero-order valence-corrected chi connectivity index (χ0v) is 16.5. The maximum Gasteiger partial charge on any atom is 0.0603 e. The summed E-state index contributed by atoms with van der Waals surface area (Å²) >= 11 is 0. The van der Waals surface area contributed by atoms with Crippen molar-refractivity contribution in [3.63, 3.8) is 0 Å². The van der Waals surface area contributed by atoms with Crippen molar-refractivity contribution < 1.29 is 4.74 Å². The fourth-order valence-corrected chi connectivity index (χ4v) is 5.43. The Balaban J connectivity index is 1.35. The average Bonchev–Trinajstić information content (AvgIpc) is 2.68. The molecule has 1 nitrogen and oxygen atoms in total. The number of ether oxygens (including phenoxy) is 1. The first-order valence-electron chi connectivity index (χ1n) is 11.2. The van der Waals surface area contributed by atoms with Gasteiger partial charge in [-0.25, -0.2) is 0 Å². The summed E-state index contributed by atoms with van der Waals surface area (Å²) in [6.45, 7) is 7.29. The van der Waals surface area contributed by atoms with Gasteiger partial charge >= 0.3 is 0 Å². The van der Waals surface area contributed by atoms with Crippen LogP contribution >= 0.6 is 0 Å². The number of rotatable bonds is 6. The molecule has 2 saturated carbocycles. The van der Waals surface area contributed by atoms with Gasteiger partial charge in [0.2, 0.25) is 0 Å². The maximum atomic E-state index is 6.27. The molecule has 1 saturated heterocycles. The van der Waals surface area contributed by atoms with E-state index < -0.39 is 0 Å². The summed E-state index contributed by atoms with van der Waals surface area (Å²) in [4.78, 5) is 0. The van der Waals surface area contributed by atoms with E-state index in [0.717, 1.165) is 36.2 Å². The highest BCUT2D eigenvalue weighted by Gasteiger charge is 2.31. The molecule has 0 radical (unpaired) electrons. The Bertz CT molecular complexity index is 402. The van der Waals surface area contributed by atoms with Gasteiger partial charge in [0, 0.05) is 6.61 Å². The van der Waals surface area contributed by atoms with Gasteiger partial charge in [-0.3, -0.25) is 0 Å². The maximum absolute atomic E-state index is 6.27. The molecule has 0 aromatic heterocycles. The summed E-state index contributed by atoms with van der Waals surface area (Å²) in [6, 6.07) is 0. The smallest absolute Gasteiger partial charge is 0.0603 e. The SMILES string of the molecule is C=CC1CCC(/C=C/C2CCC(C3CCC(CCC)CO3)CC2)CC1. The molecule has 1 heterocycles. The molecule has 142 valence electrons. The highest BCUT2D eigenvalue weighted by Crippen LogP contribution is 2.37. The van der Waals surface area contributed by atoms with E-state index in [2.05, 4.69) is 31.7 Å². The lowest BCUT2D eigenvalue weighted by Crippen LogP contribution is -2.34. The van der Waals surface area contributed by atoms with E-state index in [4.69, 9.17) is 4.74 Å². The summed E-state index contributed by atoms with van der Waals surface area (Å²) in [7, 11) is 0. The predicted molar refractivity (Wildman–Crippen MR) is 108 cm³/mol. The van der Waals surface area contributed by atoms with E-state index in [-0.39, 0.29) is 0 Å². The molecule has 2 unspecified atom stereocenters. The first-order chi connectivity index (χ1) is 12.3. The van der Waals surface area contributed by atoms with Gasteiger partial charge in [-0.2, -0.15) is 0 Å². The average molecular weight is 345 g/mol. The first-order valence-corrected chi connectivity index (χ1v) is 11.2. The summed E-state index contributed by atoms with van der Waals surface area (Å²) in [5.41, 5.74) is 0. The van der Waals surface area contributed by atoms with Gasteiger partial charge in [0.1, 0.15) is 0 Å². The third kappa shape index (κ3) is 5.71. The molecule has 0 amide bonds. The lowest BCUT2D eigenvalue weighted by molar-refractivity contribution is -0.0583. The zero-order chi connectivity index (χ0) is 17.5. The monoisotopic (exact) mass is 344 g/mol. The van der Waals surface area contributed by atoms with E-state index >= 15 is 0 Å². The number of allylic oxidation sites excluding steroid dienone is 3. The van der Waals surface area contributed by atoms with Crippen LogP contribution in [0.1, 0.15) is 84.0 Å². The normalized spacial score (nSPS) is 40.2. The van der Waals surface area contributed by atoms with E-state index in [1.165, 1.54) is 77.0 Å². The molecule has 0 spiro atoms. The van der Waals surface area contributed by atoms with Crippen LogP contribution in [-0.4, -0.2) is 12.7 Å². The van der Waals surface area contributed by atoms with Crippen molar-refractivity contribution in [2.45, 2.75) is 90.1 Å². The second-order valence-corrected chi connectivity index (χ2v) is 9.07. The zero-order valence-electron chi connectivity index (χ0n) is 16.5. The second kappa shape index (κ2) is 9.95. The van der Waals surface area contributed by atoms with Gasteiger partial charge in [0.25, 0.3) is 0 Å². The Morgan fingerprint density at radius 2 is 1.40 bits per heavy atom. The Morgan fingerprint density at radius 3 is 1.92 bits per heavy atom. The first kappa shape index (κ1) is 19.2. The van der Waals surface area contributed by atoms with E-state index in [0.29, 0.717) is 6.10 Å². The fourth-order valence-electron chi connectivity index (χ4n) is 5.43. The lowest BCUT2D eigenvalue weighted by Gasteiger charge is -2.37. The van der Waals surface area contributed by atoms with Crippen LogP contribution in [0, 0.1) is 29.6 Å². The van der Waals surface area contributed by atoms with E-state index in [1.807, 2.05) is 0 Å². The molecule has 25 heavy (non-hydrogen) atoms. The fraction of sp³-hybridized carbons (Fsp3) is 0.833. The second-order valence-electron chi connectivity index (χ2n) is 9.07. The van der Waals surface area contributed by atoms with Crippen LogP contribution in [0.2, 0.25) is 0 Å². The third-order valence-corrected chi connectivity index (χ3v) is 7.25. The minimum absolute atomic E-state index is 0.576. The van der Waals surface area contributed by atoms with Crippen molar-refractivity contribution in [2.24, 2.45) is 29.6 Å². The van der Waals surface area contributed by atoms with Crippen LogP contribution in [0.4, 0.5) is 0 Å². The molecule has 0 aromatic carbocycles. The van der Waals surface area contributed by atoms with Crippen LogP contribution in [-0.2, 0) is 4.74 Å². The highest BCUT2D eigenvalue weighted by molar-refractivity contribution is 4.98. The highest BCUT2D eigenvalue weighted by atomic mass is 16.5. The molecule has 1 aliphatic heterocycles. The van der Waals surface area contributed by atoms with Crippen LogP contribution in [0.3, 0.4) is 0 Å². The van der Waals surface area contributed by atoms with E-state index in [9.17, 15) is 0 Å². The molecule has 3 aliphatic rings. The van der Waals surface area contributed by atoms with Gasteiger partial charge < -0.3 is 4.74 Å². The molecule has 2 aliphatic carbocycles. The molecule has 0 bridgehead atoms. The van der Waals surface area contributed by atoms with Crippen LogP contribution in [0.15, 0.2) is 24.8 Å².